The number of nitrogens with zero attached hydrogens (tertiary/aromatic N) is 2. The molecule has 2 amide bonds. The maximum Gasteiger partial charge on any atom is 0.264 e. The van der Waals surface area contributed by atoms with Crippen molar-refractivity contribution < 1.29 is 18.0 Å². The van der Waals surface area contributed by atoms with E-state index >= 15 is 0 Å². The Labute approximate surface area is 245 Å². The number of hydrogen-bond acceptors (Lipinski definition) is 4. The van der Waals surface area contributed by atoms with Gasteiger partial charge < -0.3 is 10.2 Å². The van der Waals surface area contributed by atoms with Crippen molar-refractivity contribution in [2.24, 2.45) is 0 Å². The first-order chi connectivity index (χ1) is 19.2. The van der Waals surface area contributed by atoms with Crippen LogP contribution in [0.1, 0.15) is 56.4 Å². The number of benzene rings is 3. The van der Waals surface area contributed by atoms with Crippen molar-refractivity contribution >= 4 is 27.5 Å². The summed E-state index contributed by atoms with van der Waals surface area (Å²) in [4.78, 5) is 29.2. The summed E-state index contributed by atoms with van der Waals surface area (Å²) in [5, 5.41) is 3.00. The summed E-state index contributed by atoms with van der Waals surface area (Å²) in [6, 6.07) is 21.0. The van der Waals surface area contributed by atoms with Crippen LogP contribution in [0.5, 0.6) is 0 Å². The van der Waals surface area contributed by atoms with Crippen LogP contribution in [0.25, 0.3) is 0 Å². The second kappa shape index (κ2) is 13.3. The molecule has 0 aliphatic carbocycles. The van der Waals surface area contributed by atoms with E-state index in [9.17, 15) is 18.0 Å². The van der Waals surface area contributed by atoms with Crippen LogP contribution in [0, 0.1) is 20.8 Å². The zero-order valence-electron chi connectivity index (χ0n) is 25.3. The van der Waals surface area contributed by atoms with Gasteiger partial charge in [-0.25, -0.2) is 8.42 Å². The highest BCUT2D eigenvalue weighted by atomic mass is 32.2. The molecule has 1 atom stereocenters. The molecule has 0 unspecified atom stereocenters. The van der Waals surface area contributed by atoms with Crippen LogP contribution in [-0.2, 0) is 26.0 Å². The lowest BCUT2D eigenvalue weighted by Gasteiger charge is -2.35. The fraction of sp³-hybridized carbons (Fsp3) is 0.394. The van der Waals surface area contributed by atoms with Gasteiger partial charge in [-0.15, -0.1) is 0 Å². The van der Waals surface area contributed by atoms with Crippen molar-refractivity contribution in [2.45, 2.75) is 77.8 Å². The van der Waals surface area contributed by atoms with Gasteiger partial charge in [0.1, 0.15) is 12.6 Å². The first-order valence-corrected chi connectivity index (χ1v) is 15.5. The summed E-state index contributed by atoms with van der Waals surface area (Å²) >= 11 is 0. The Hall–Kier alpha value is -3.65. The maximum atomic E-state index is 14.2. The highest BCUT2D eigenvalue weighted by Crippen LogP contribution is 2.29. The van der Waals surface area contributed by atoms with Gasteiger partial charge in [0.25, 0.3) is 10.0 Å². The van der Waals surface area contributed by atoms with Gasteiger partial charge in [0.05, 0.1) is 10.6 Å². The Morgan fingerprint density at radius 2 is 1.51 bits per heavy atom. The monoisotopic (exact) mass is 577 g/mol. The highest BCUT2D eigenvalue weighted by molar-refractivity contribution is 7.92. The molecule has 0 aromatic heterocycles. The predicted molar refractivity (Wildman–Crippen MR) is 165 cm³/mol. The SMILES string of the molecule is CC[C@@H](C(=O)NC(C)(C)C)N(CCc1ccccc1)C(=O)CN(c1cccc(C)c1C)S(=O)(=O)c1ccc(C)cc1. The number of aryl methyl sites for hydroxylation is 2. The lowest BCUT2D eigenvalue weighted by molar-refractivity contribution is -0.140. The lowest BCUT2D eigenvalue weighted by atomic mass is 10.1. The van der Waals surface area contributed by atoms with Gasteiger partial charge in [0, 0.05) is 12.1 Å². The second-order valence-electron chi connectivity index (χ2n) is 11.5. The third-order valence-electron chi connectivity index (χ3n) is 7.10. The molecule has 3 rings (SSSR count). The van der Waals surface area contributed by atoms with Crippen LogP contribution in [0.3, 0.4) is 0 Å². The molecule has 7 nitrogen and oxygen atoms in total. The van der Waals surface area contributed by atoms with Crippen LogP contribution in [0.4, 0.5) is 5.69 Å². The van der Waals surface area contributed by atoms with Crippen LogP contribution in [-0.4, -0.2) is 49.8 Å². The summed E-state index contributed by atoms with van der Waals surface area (Å²) < 4.78 is 29.4. The summed E-state index contributed by atoms with van der Waals surface area (Å²) in [6.45, 7) is 13.0. The van der Waals surface area contributed by atoms with E-state index in [0.717, 1.165) is 22.3 Å². The van der Waals surface area contributed by atoms with E-state index in [0.29, 0.717) is 18.5 Å². The predicted octanol–water partition coefficient (Wildman–Crippen LogP) is 5.57. The molecular weight excluding hydrogens is 534 g/mol. The minimum atomic E-state index is -4.10. The van der Waals surface area contributed by atoms with Gasteiger partial charge in [-0.3, -0.25) is 13.9 Å². The average Bonchev–Trinajstić information content (AvgIpc) is 2.91. The summed E-state index contributed by atoms with van der Waals surface area (Å²) in [6.07, 6.45) is 0.913. The molecule has 41 heavy (non-hydrogen) atoms. The van der Waals surface area contributed by atoms with Crippen LogP contribution >= 0.6 is 0 Å². The number of nitrogens with one attached hydrogen (secondary N) is 1. The van der Waals surface area contributed by atoms with Crippen LogP contribution < -0.4 is 9.62 Å². The summed E-state index contributed by atoms with van der Waals surface area (Å²) in [5.74, 6) is -0.700. The smallest absolute Gasteiger partial charge is 0.264 e. The van der Waals surface area contributed by atoms with Gasteiger partial charge in [-0.2, -0.15) is 0 Å². The molecule has 1 N–H and O–H groups in total. The number of hydrogen-bond donors (Lipinski definition) is 1. The van der Waals surface area contributed by atoms with Crippen LogP contribution in [0.15, 0.2) is 77.7 Å². The Bertz CT molecular complexity index is 1450. The fourth-order valence-corrected chi connectivity index (χ4v) is 6.18. The molecule has 0 aliphatic heterocycles. The van der Waals surface area contributed by atoms with E-state index in [-0.39, 0.29) is 17.3 Å². The normalized spacial score (nSPS) is 12.5. The van der Waals surface area contributed by atoms with Crippen molar-refractivity contribution in [3.05, 3.63) is 95.1 Å². The van der Waals surface area contributed by atoms with E-state index in [1.54, 1.807) is 36.4 Å². The minimum absolute atomic E-state index is 0.102. The zero-order chi connectivity index (χ0) is 30.4. The zero-order valence-corrected chi connectivity index (χ0v) is 26.1. The molecule has 8 heteroatoms. The molecule has 0 fully saturated rings. The van der Waals surface area contributed by atoms with E-state index in [2.05, 4.69) is 5.32 Å². The Balaban J connectivity index is 2.06. The Morgan fingerprint density at radius 1 is 0.878 bits per heavy atom. The average molecular weight is 578 g/mol. The first-order valence-electron chi connectivity index (χ1n) is 14.1. The minimum Gasteiger partial charge on any atom is -0.350 e. The number of amides is 2. The van der Waals surface area contributed by atoms with Crippen molar-refractivity contribution in [3.8, 4) is 0 Å². The number of rotatable bonds is 11. The molecule has 0 saturated carbocycles. The molecule has 3 aromatic rings. The maximum absolute atomic E-state index is 14.2. The van der Waals surface area contributed by atoms with E-state index in [1.165, 1.54) is 9.21 Å². The van der Waals surface area contributed by atoms with E-state index in [1.807, 2.05) is 84.9 Å². The molecule has 0 saturated heterocycles. The molecule has 3 aromatic carbocycles. The second-order valence-corrected chi connectivity index (χ2v) is 13.4. The quantitative estimate of drug-likeness (QED) is 0.323. The molecular formula is C33H43N3O4S. The number of carbonyl (C=O) groups is 2. The molecule has 220 valence electrons. The van der Waals surface area contributed by atoms with Crippen molar-refractivity contribution in [1.82, 2.24) is 10.2 Å². The van der Waals surface area contributed by atoms with Gasteiger partial charge in [0.15, 0.2) is 0 Å². The van der Waals surface area contributed by atoms with Crippen molar-refractivity contribution in [2.75, 3.05) is 17.4 Å². The van der Waals surface area contributed by atoms with Gasteiger partial charge in [-0.05, 0) is 89.3 Å². The highest BCUT2D eigenvalue weighted by Gasteiger charge is 2.34. The molecule has 0 bridgehead atoms. The third-order valence-corrected chi connectivity index (χ3v) is 8.87. The Morgan fingerprint density at radius 3 is 2.10 bits per heavy atom. The van der Waals surface area contributed by atoms with Gasteiger partial charge in [-0.1, -0.05) is 67.1 Å². The standard InChI is InChI=1S/C33H43N3O4S/c1-8-29(32(38)34-33(5,6)7)35(22-21-27-14-10-9-11-15-27)31(37)23-36(30-16-12-13-25(3)26(30)4)41(39,40)28-19-17-24(2)18-20-28/h9-20,29H,8,21-23H2,1-7H3,(H,34,38)/t29-/m0/s1. The number of carbonyl (C=O) groups excluding carboxylic acids is 2. The molecule has 0 aliphatic rings. The topological polar surface area (TPSA) is 86.8 Å². The molecule has 0 radical (unpaired) electrons. The van der Waals surface area contributed by atoms with Gasteiger partial charge in [0.2, 0.25) is 11.8 Å². The summed E-state index contributed by atoms with van der Waals surface area (Å²) in [7, 11) is -4.10. The summed E-state index contributed by atoms with van der Waals surface area (Å²) in [5.41, 5.74) is 3.59. The molecule has 0 spiro atoms. The number of anilines is 1. The lowest BCUT2D eigenvalue weighted by Crippen LogP contribution is -2.56. The van der Waals surface area contributed by atoms with Crippen LogP contribution in [0.2, 0.25) is 0 Å². The molecule has 0 heterocycles. The van der Waals surface area contributed by atoms with Gasteiger partial charge >= 0.3 is 0 Å². The fourth-order valence-electron chi connectivity index (χ4n) is 4.71. The Kier molecular flexibility index (Phi) is 10.4. The number of sulfonamides is 1. The van der Waals surface area contributed by atoms with Crippen molar-refractivity contribution in [1.29, 1.82) is 0 Å². The van der Waals surface area contributed by atoms with Crippen molar-refractivity contribution in [3.63, 3.8) is 0 Å². The van der Waals surface area contributed by atoms with E-state index in [4.69, 9.17) is 0 Å². The first kappa shape index (κ1) is 31.9. The third kappa shape index (κ3) is 8.19. The van der Waals surface area contributed by atoms with E-state index < -0.39 is 34.1 Å². The largest absolute Gasteiger partial charge is 0.350 e.